The van der Waals surface area contributed by atoms with Crippen molar-refractivity contribution in [3.8, 4) is 11.3 Å². The van der Waals surface area contributed by atoms with Crippen molar-refractivity contribution >= 4 is 22.6 Å². The Hall–Kier alpha value is -1.94. The fourth-order valence-corrected chi connectivity index (χ4v) is 2.23. The van der Waals surface area contributed by atoms with E-state index >= 15 is 0 Å². The number of nitrogens with one attached hydrogen (secondary N) is 1. The Morgan fingerprint density at radius 3 is 2.74 bits per heavy atom. The number of H-pyrrole nitrogens is 1. The van der Waals surface area contributed by atoms with Crippen LogP contribution in [0.3, 0.4) is 0 Å². The first-order valence-electron chi connectivity index (χ1n) is 5.67. The number of fused-ring (bicyclic) bond motifs is 1. The van der Waals surface area contributed by atoms with Crippen molar-refractivity contribution in [3.63, 3.8) is 0 Å². The highest BCUT2D eigenvalue weighted by atomic mass is 35.5. The second-order valence-electron chi connectivity index (χ2n) is 4.16. The molecular weight excluding hydrogens is 270 g/mol. The SMILES string of the molecule is FC(F)c1ccc(Cl)cc1-c1cc2cccnc2[nH]1. The molecule has 2 nitrogen and oxygen atoms in total. The Kier molecular flexibility index (Phi) is 2.95. The third-order valence-electron chi connectivity index (χ3n) is 2.93. The fourth-order valence-electron chi connectivity index (χ4n) is 2.05. The molecule has 2 heterocycles. The highest BCUT2D eigenvalue weighted by Crippen LogP contribution is 2.33. The van der Waals surface area contributed by atoms with Gasteiger partial charge < -0.3 is 4.98 Å². The van der Waals surface area contributed by atoms with Crippen LogP contribution in [0.25, 0.3) is 22.3 Å². The van der Waals surface area contributed by atoms with E-state index in [4.69, 9.17) is 11.6 Å². The Labute approximate surface area is 113 Å². The molecule has 1 aromatic carbocycles. The Bertz CT molecular complexity index is 704. The van der Waals surface area contributed by atoms with Crippen LogP contribution < -0.4 is 0 Å². The summed E-state index contributed by atoms with van der Waals surface area (Å²) < 4.78 is 26.1. The summed E-state index contributed by atoms with van der Waals surface area (Å²) in [4.78, 5) is 7.18. The van der Waals surface area contributed by atoms with E-state index in [1.165, 1.54) is 18.2 Å². The predicted molar refractivity (Wildman–Crippen MR) is 71.5 cm³/mol. The van der Waals surface area contributed by atoms with Crippen LogP contribution in [0.5, 0.6) is 0 Å². The Morgan fingerprint density at radius 2 is 2.00 bits per heavy atom. The zero-order valence-electron chi connectivity index (χ0n) is 9.70. The largest absolute Gasteiger partial charge is 0.339 e. The summed E-state index contributed by atoms with van der Waals surface area (Å²) >= 11 is 5.90. The van der Waals surface area contributed by atoms with E-state index in [1.807, 2.05) is 6.07 Å². The smallest absolute Gasteiger partial charge is 0.264 e. The minimum Gasteiger partial charge on any atom is -0.339 e. The quantitative estimate of drug-likeness (QED) is 0.715. The van der Waals surface area contributed by atoms with Crippen molar-refractivity contribution in [3.05, 3.63) is 53.2 Å². The zero-order chi connectivity index (χ0) is 13.4. The number of halogens is 3. The van der Waals surface area contributed by atoms with Crippen molar-refractivity contribution in [2.24, 2.45) is 0 Å². The van der Waals surface area contributed by atoms with Gasteiger partial charge in [-0.15, -0.1) is 0 Å². The van der Waals surface area contributed by atoms with Crippen LogP contribution in [0.1, 0.15) is 12.0 Å². The summed E-state index contributed by atoms with van der Waals surface area (Å²) in [6, 6.07) is 9.81. The van der Waals surface area contributed by atoms with Gasteiger partial charge >= 0.3 is 0 Å². The fraction of sp³-hybridized carbons (Fsp3) is 0.0714. The van der Waals surface area contributed by atoms with Gasteiger partial charge in [0.25, 0.3) is 6.43 Å². The van der Waals surface area contributed by atoms with Crippen LogP contribution in [-0.2, 0) is 0 Å². The van der Waals surface area contributed by atoms with E-state index in [2.05, 4.69) is 9.97 Å². The summed E-state index contributed by atoms with van der Waals surface area (Å²) in [7, 11) is 0. The lowest BCUT2D eigenvalue weighted by Gasteiger charge is -2.07. The molecule has 1 N–H and O–H groups in total. The van der Waals surface area contributed by atoms with Crippen LogP contribution in [0.4, 0.5) is 8.78 Å². The van der Waals surface area contributed by atoms with Crippen LogP contribution in [-0.4, -0.2) is 9.97 Å². The van der Waals surface area contributed by atoms with Crippen LogP contribution in [0.2, 0.25) is 5.02 Å². The van der Waals surface area contributed by atoms with Crippen LogP contribution >= 0.6 is 11.6 Å². The Morgan fingerprint density at radius 1 is 1.16 bits per heavy atom. The van der Waals surface area contributed by atoms with E-state index in [-0.39, 0.29) is 5.56 Å². The molecule has 0 aliphatic rings. The van der Waals surface area contributed by atoms with Crippen molar-refractivity contribution < 1.29 is 8.78 Å². The predicted octanol–water partition coefficient (Wildman–Crippen LogP) is 4.82. The molecule has 0 spiro atoms. The molecule has 0 radical (unpaired) electrons. The highest BCUT2D eigenvalue weighted by molar-refractivity contribution is 6.30. The first kappa shape index (κ1) is 12.1. The molecule has 0 saturated carbocycles. The van der Waals surface area contributed by atoms with Crippen molar-refractivity contribution in [1.82, 2.24) is 9.97 Å². The van der Waals surface area contributed by atoms with E-state index < -0.39 is 6.43 Å². The average Bonchev–Trinajstić information content (AvgIpc) is 2.81. The van der Waals surface area contributed by atoms with E-state index in [0.29, 0.717) is 21.9 Å². The zero-order valence-corrected chi connectivity index (χ0v) is 10.5. The molecule has 0 unspecified atom stereocenters. The number of rotatable bonds is 2. The van der Waals surface area contributed by atoms with Gasteiger partial charge in [0.15, 0.2) is 0 Å². The molecule has 0 saturated heterocycles. The maximum absolute atomic E-state index is 13.0. The molecule has 3 rings (SSSR count). The summed E-state index contributed by atoms with van der Waals surface area (Å²) in [6.07, 6.45) is -0.902. The number of nitrogens with zero attached hydrogens (tertiary/aromatic N) is 1. The molecule has 19 heavy (non-hydrogen) atoms. The molecule has 0 fully saturated rings. The number of pyridine rings is 1. The lowest BCUT2D eigenvalue weighted by atomic mass is 10.0. The van der Waals surface area contributed by atoms with Gasteiger partial charge in [0, 0.05) is 33.4 Å². The molecule has 0 bridgehead atoms. The molecule has 3 aromatic rings. The van der Waals surface area contributed by atoms with Gasteiger partial charge in [-0.05, 0) is 30.3 Å². The van der Waals surface area contributed by atoms with Gasteiger partial charge in [0.05, 0.1) is 0 Å². The Balaban J connectivity index is 2.22. The number of aromatic amines is 1. The van der Waals surface area contributed by atoms with Crippen molar-refractivity contribution in [2.45, 2.75) is 6.43 Å². The monoisotopic (exact) mass is 278 g/mol. The highest BCUT2D eigenvalue weighted by Gasteiger charge is 2.16. The minimum atomic E-state index is -2.55. The third kappa shape index (κ3) is 2.19. The lowest BCUT2D eigenvalue weighted by Crippen LogP contribution is -1.90. The summed E-state index contributed by atoms with van der Waals surface area (Å²) in [5, 5.41) is 1.30. The van der Waals surface area contributed by atoms with Crippen LogP contribution in [0, 0.1) is 0 Å². The molecule has 0 amide bonds. The second-order valence-corrected chi connectivity index (χ2v) is 4.59. The minimum absolute atomic E-state index is 0.0454. The molecule has 2 aromatic heterocycles. The lowest BCUT2D eigenvalue weighted by molar-refractivity contribution is 0.152. The molecule has 0 aliphatic carbocycles. The maximum Gasteiger partial charge on any atom is 0.264 e. The number of aromatic nitrogens is 2. The standard InChI is InChI=1S/C14H9ClF2N2/c15-9-3-4-10(13(16)17)11(7-9)12-6-8-2-1-5-18-14(8)19-12/h1-7,13H,(H,18,19). The van der Waals surface area contributed by atoms with Gasteiger partial charge in [-0.3, -0.25) is 0 Å². The van der Waals surface area contributed by atoms with Crippen molar-refractivity contribution in [2.75, 3.05) is 0 Å². The molecule has 96 valence electrons. The van der Waals surface area contributed by atoms with E-state index in [9.17, 15) is 8.78 Å². The van der Waals surface area contributed by atoms with Crippen LogP contribution in [0.15, 0.2) is 42.6 Å². The van der Waals surface area contributed by atoms with Gasteiger partial charge in [-0.1, -0.05) is 17.7 Å². The van der Waals surface area contributed by atoms with Gasteiger partial charge in [-0.25, -0.2) is 13.8 Å². The summed E-state index contributed by atoms with van der Waals surface area (Å²) in [6.45, 7) is 0. The summed E-state index contributed by atoms with van der Waals surface area (Å²) in [5.41, 5.74) is 1.61. The summed E-state index contributed by atoms with van der Waals surface area (Å²) in [5.74, 6) is 0. The first-order chi connectivity index (χ1) is 9.15. The second kappa shape index (κ2) is 4.63. The molecule has 0 atom stereocenters. The number of benzene rings is 1. The van der Waals surface area contributed by atoms with Gasteiger partial charge in [-0.2, -0.15) is 0 Å². The number of alkyl halides is 2. The topological polar surface area (TPSA) is 28.7 Å². The normalized spacial score (nSPS) is 11.4. The molecular formula is C14H9ClF2N2. The van der Waals surface area contributed by atoms with E-state index in [0.717, 1.165) is 5.39 Å². The maximum atomic E-state index is 13.0. The average molecular weight is 279 g/mol. The number of hydrogen-bond acceptors (Lipinski definition) is 1. The third-order valence-corrected chi connectivity index (χ3v) is 3.17. The van der Waals surface area contributed by atoms with E-state index in [1.54, 1.807) is 18.3 Å². The number of hydrogen-bond donors (Lipinski definition) is 1. The first-order valence-corrected chi connectivity index (χ1v) is 6.04. The van der Waals surface area contributed by atoms with Gasteiger partial charge in [0.2, 0.25) is 0 Å². The molecule has 0 aliphatic heterocycles. The van der Waals surface area contributed by atoms with Crippen molar-refractivity contribution in [1.29, 1.82) is 0 Å². The molecule has 5 heteroatoms. The van der Waals surface area contributed by atoms with Gasteiger partial charge in [0.1, 0.15) is 5.65 Å².